The molecule has 134 valence electrons. The van der Waals surface area contributed by atoms with Crippen LogP contribution < -0.4 is 0 Å². The summed E-state index contributed by atoms with van der Waals surface area (Å²) >= 11 is 0. The lowest BCUT2D eigenvalue weighted by atomic mass is 10.1. The lowest BCUT2D eigenvalue weighted by Crippen LogP contribution is -2.49. The second-order valence-corrected chi connectivity index (χ2v) is 6.93. The minimum Gasteiger partial charge on any atom is -0.360 e. The van der Waals surface area contributed by atoms with E-state index in [-0.39, 0.29) is 11.9 Å². The zero-order chi connectivity index (χ0) is 17.6. The number of hydrogen-bond donors (Lipinski definition) is 0. The van der Waals surface area contributed by atoms with Crippen molar-refractivity contribution in [3.8, 4) is 0 Å². The second kappa shape index (κ2) is 6.25. The standard InChI is InChI=1S/C17H23N5O3/c1-4-13-14(10(2)19-24-13)17(23)22-8-7-21(3)12(9-22)16-18-15(20-25-16)11-5-6-11/h11-12H,4-9H2,1-3H3/t12-/m1/s1. The van der Waals surface area contributed by atoms with E-state index in [1.807, 2.05) is 25.8 Å². The quantitative estimate of drug-likeness (QED) is 0.836. The molecule has 8 heteroatoms. The predicted molar refractivity (Wildman–Crippen MR) is 88.2 cm³/mol. The average molecular weight is 345 g/mol. The molecule has 2 aliphatic rings. The molecule has 1 aliphatic heterocycles. The van der Waals surface area contributed by atoms with Gasteiger partial charge in [0.15, 0.2) is 5.82 Å². The number of carbonyl (C=O) groups is 1. The van der Waals surface area contributed by atoms with Gasteiger partial charge in [0.2, 0.25) is 5.89 Å². The van der Waals surface area contributed by atoms with Gasteiger partial charge in [-0.15, -0.1) is 0 Å². The van der Waals surface area contributed by atoms with Crippen LogP contribution in [0, 0.1) is 6.92 Å². The summed E-state index contributed by atoms with van der Waals surface area (Å²) in [6.45, 7) is 5.70. The van der Waals surface area contributed by atoms with Crippen LogP contribution in [0.2, 0.25) is 0 Å². The van der Waals surface area contributed by atoms with Crippen molar-refractivity contribution in [1.29, 1.82) is 0 Å². The smallest absolute Gasteiger partial charge is 0.259 e. The van der Waals surface area contributed by atoms with E-state index in [4.69, 9.17) is 9.05 Å². The molecule has 1 aliphatic carbocycles. The summed E-state index contributed by atoms with van der Waals surface area (Å²) in [5.41, 5.74) is 1.24. The van der Waals surface area contributed by atoms with Gasteiger partial charge in [0.25, 0.3) is 5.91 Å². The molecule has 1 amide bonds. The molecule has 0 radical (unpaired) electrons. The van der Waals surface area contributed by atoms with E-state index >= 15 is 0 Å². The number of carbonyl (C=O) groups excluding carboxylic acids is 1. The molecule has 3 heterocycles. The van der Waals surface area contributed by atoms with Crippen molar-refractivity contribution < 1.29 is 13.8 Å². The summed E-state index contributed by atoms with van der Waals surface area (Å²) < 4.78 is 10.8. The number of hydrogen-bond acceptors (Lipinski definition) is 7. The first kappa shape index (κ1) is 16.3. The molecule has 0 unspecified atom stereocenters. The number of piperazine rings is 1. The van der Waals surface area contributed by atoms with Crippen LogP contribution in [0.5, 0.6) is 0 Å². The molecule has 2 fully saturated rings. The van der Waals surface area contributed by atoms with E-state index in [9.17, 15) is 4.79 Å². The Morgan fingerprint density at radius 1 is 1.24 bits per heavy atom. The molecule has 4 rings (SSSR count). The van der Waals surface area contributed by atoms with Gasteiger partial charge < -0.3 is 13.9 Å². The lowest BCUT2D eigenvalue weighted by molar-refractivity contribution is 0.0486. The molecule has 0 spiro atoms. The van der Waals surface area contributed by atoms with Gasteiger partial charge in [-0.3, -0.25) is 9.69 Å². The highest BCUT2D eigenvalue weighted by Crippen LogP contribution is 2.39. The Kier molecular flexibility index (Phi) is 4.07. The topological polar surface area (TPSA) is 88.5 Å². The maximum absolute atomic E-state index is 13.0. The van der Waals surface area contributed by atoms with E-state index in [1.165, 1.54) is 0 Å². The fourth-order valence-electron chi connectivity index (χ4n) is 3.30. The van der Waals surface area contributed by atoms with Crippen LogP contribution in [0.3, 0.4) is 0 Å². The Labute approximate surface area is 146 Å². The Hall–Kier alpha value is -2.22. The normalized spacial score (nSPS) is 21.7. The summed E-state index contributed by atoms with van der Waals surface area (Å²) in [4.78, 5) is 21.6. The molecule has 2 aromatic rings. The van der Waals surface area contributed by atoms with Gasteiger partial charge >= 0.3 is 0 Å². The number of rotatable bonds is 4. The van der Waals surface area contributed by atoms with E-state index in [1.54, 1.807) is 0 Å². The summed E-state index contributed by atoms with van der Waals surface area (Å²) in [5.74, 6) is 2.47. The van der Waals surface area contributed by atoms with E-state index in [0.29, 0.717) is 48.3 Å². The van der Waals surface area contributed by atoms with Crippen molar-refractivity contribution in [2.75, 3.05) is 26.7 Å². The fourth-order valence-corrected chi connectivity index (χ4v) is 3.30. The third-order valence-electron chi connectivity index (χ3n) is 5.09. The number of nitrogens with zero attached hydrogens (tertiary/aromatic N) is 5. The molecule has 1 saturated heterocycles. The van der Waals surface area contributed by atoms with Crippen LogP contribution in [0.15, 0.2) is 9.05 Å². The van der Waals surface area contributed by atoms with Crippen LogP contribution in [-0.2, 0) is 6.42 Å². The van der Waals surface area contributed by atoms with Gasteiger partial charge in [-0.25, -0.2) is 0 Å². The largest absolute Gasteiger partial charge is 0.360 e. The average Bonchev–Trinajstić information content (AvgIpc) is 3.23. The monoisotopic (exact) mass is 345 g/mol. The highest BCUT2D eigenvalue weighted by Gasteiger charge is 2.36. The minimum absolute atomic E-state index is 0.0318. The maximum Gasteiger partial charge on any atom is 0.259 e. The third-order valence-corrected chi connectivity index (χ3v) is 5.09. The van der Waals surface area contributed by atoms with Crippen LogP contribution in [0.1, 0.15) is 65.3 Å². The first-order chi connectivity index (χ1) is 12.1. The summed E-state index contributed by atoms with van der Waals surface area (Å²) in [6.07, 6.45) is 2.92. The van der Waals surface area contributed by atoms with Crippen LogP contribution in [0.25, 0.3) is 0 Å². The fraction of sp³-hybridized carbons (Fsp3) is 0.647. The number of likely N-dealkylation sites (N-methyl/N-ethyl adjacent to an activating group) is 1. The Bertz CT molecular complexity index is 779. The molecule has 0 bridgehead atoms. The van der Waals surface area contributed by atoms with Gasteiger partial charge in [-0.2, -0.15) is 4.98 Å². The number of aromatic nitrogens is 3. The van der Waals surface area contributed by atoms with Gasteiger partial charge in [0.1, 0.15) is 17.4 Å². The van der Waals surface area contributed by atoms with Gasteiger partial charge in [-0.1, -0.05) is 17.2 Å². The van der Waals surface area contributed by atoms with Gasteiger partial charge in [-0.05, 0) is 26.8 Å². The summed E-state index contributed by atoms with van der Waals surface area (Å²) in [7, 11) is 2.02. The van der Waals surface area contributed by atoms with Crippen molar-refractivity contribution in [1.82, 2.24) is 25.1 Å². The van der Waals surface area contributed by atoms with Crippen molar-refractivity contribution in [3.05, 3.63) is 28.7 Å². The molecule has 25 heavy (non-hydrogen) atoms. The molecule has 1 atom stereocenters. The highest BCUT2D eigenvalue weighted by atomic mass is 16.5. The Balaban J connectivity index is 1.55. The number of aryl methyl sites for hydroxylation is 2. The zero-order valence-corrected chi connectivity index (χ0v) is 14.9. The summed E-state index contributed by atoms with van der Waals surface area (Å²) in [6, 6.07) is -0.0806. The molecule has 2 aromatic heterocycles. The molecule has 0 aromatic carbocycles. The van der Waals surface area contributed by atoms with E-state index < -0.39 is 0 Å². The Morgan fingerprint density at radius 3 is 2.76 bits per heavy atom. The first-order valence-electron chi connectivity index (χ1n) is 8.86. The van der Waals surface area contributed by atoms with Crippen molar-refractivity contribution >= 4 is 5.91 Å². The van der Waals surface area contributed by atoms with Crippen molar-refractivity contribution in [2.45, 2.75) is 45.1 Å². The van der Waals surface area contributed by atoms with Gasteiger partial charge in [0, 0.05) is 32.0 Å². The van der Waals surface area contributed by atoms with Crippen LogP contribution in [0.4, 0.5) is 0 Å². The molecule has 8 nitrogen and oxygen atoms in total. The van der Waals surface area contributed by atoms with E-state index in [0.717, 1.165) is 25.2 Å². The van der Waals surface area contributed by atoms with Crippen molar-refractivity contribution in [2.24, 2.45) is 0 Å². The number of amides is 1. The first-order valence-corrected chi connectivity index (χ1v) is 8.86. The SMILES string of the molecule is CCc1onc(C)c1C(=O)N1CCN(C)[C@@H](c2nc(C3CC3)no2)C1. The molecular formula is C17H23N5O3. The highest BCUT2D eigenvalue weighted by molar-refractivity contribution is 5.96. The van der Waals surface area contributed by atoms with Crippen LogP contribution >= 0.6 is 0 Å². The second-order valence-electron chi connectivity index (χ2n) is 6.93. The van der Waals surface area contributed by atoms with Gasteiger partial charge in [0.05, 0.1) is 5.69 Å². The van der Waals surface area contributed by atoms with Crippen LogP contribution in [-0.4, -0.2) is 57.7 Å². The summed E-state index contributed by atoms with van der Waals surface area (Å²) in [5, 5.41) is 8.06. The molecule has 0 N–H and O–H groups in total. The molecular weight excluding hydrogens is 322 g/mol. The predicted octanol–water partition coefficient (Wildman–Crippen LogP) is 1.93. The molecule has 1 saturated carbocycles. The van der Waals surface area contributed by atoms with E-state index in [2.05, 4.69) is 20.2 Å². The third kappa shape index (κ3) is 2.95. The lowest BCUT2D eigenvalue weighted by Gasteiger charge is -2.37. The Morgan fingerprint density at radius 2 is 2.04 bits per heavy atom. The maximum atomic E-state index is 13.0. The van der Waals surface area contributed by atoms with Crippen molar-refractivity contribution in [3.63, 3.8) is 0 Å². The minimum atomic E-state index is -0.0806. The zero-order valence-electron chi connectivity index (χ0n) is 14.9.